The molecule has 0 saturated carbocycles. The highest BCUT2D eigenvalue weighted by Gasteiger charge is 2.16. The van der Waals surface area contributed by atoms with E-state index >= 15 is 0 Å². The van der Waals surface area contributed by atoms with Gasteiger partial charge in [0.25, 0.3) is 0 Å². The van der Waals surface area contributed by atoms with Crippen LogP contribution < -0.4 is 10.6 Å². The molecule has 94 valence electrons. The Bertz CT molecular complexity index is 426. The number of halogens is 1. The van der Waals surface area contributed by atoms with Crippen LogP contribution in [0.2, 0.25) is 0 Å². The summed E-state index contributed by atoms with van der Waals surface area (Å²) < 4.78 is 0.782. The van der Waals surface area contributed by atoms with Crippen molar-refractivity contribution in [2.45, 2.75) is 19.4 Å². The third-order valence-electron chi connectivity index (χ3n) is 2.31. The van der Waals surface area contributed by atoms with Crippen molar-refractivity contribution in [3.8, 4) is 0 Å². The Balaban J connectivity index is 2.94. The summed E-state index contributed by atoms with van der Waals surface area (Å²) in [7, 11) is 1.91. The zero-order chi connectivity index (χ0) is 13.2. The van der Waals surface area contributed by atoms with Crippen molar-refractivity contribution in [3.05, 3.63) is 28.2 Å². The van der Waals surface area contributed by atoms with Crippen molar-refractivity contribution in [3.63, 3.8) is 0 Å². The van der Waals surface area contributed by atoms with Crippen LogP contribution in [0.5, 0.6) is 0 Å². The Morgan fingerprint density at radius 2 is 2.12 bits per heavy atom. The number of nitrogens with one attached hydrogen (secondary N) is 1. The summed E-state index contributed by atoms with van der Waals surface area (Å²) in [6.07, 6.45) is 0. The lowest BCUT2D eigenvalue weighted by Gasteiger charge is -2.27. The van der Waals surface area contributed by atoms with Crippen LogP contribution in [-0.2, 0) is 0 Å². The van der Waals surface area contributed by atoms with Gasteiger partial charge in [0.15, 0.2) is 0 Å². The molecule has 1 aromatic rings. The lowest BCUT2D eigenvalue weighted by molar-refractivity contribution is 0.0886. The second kappa shape index (κ2) is 5.06. The molecule has 0 aromatic heterocycles. The molecule has 0 amide bonds. The maximum absolute atomic E-state index is 9.75. The molecule has 0 heterocycles. The van der Waals surface area contributed by atoms with Gasteiger partial charge in [0.2, 0.25) is 0 Å². The normalized spacial score (nSPS) is 11.4. The van der Waals surface area contributed by atoms with E-state index in [0.29, 0.717) is 12.1 Å². The zero-order valence-electron chi connectivity index (χ0n) is 10.3. The molecule has 4 nitrogen and oxygen atoms in total. The van der Waals surface area contributed by atoms with E-state index in [4.69, 9.17) is 11.1 Å². The van der Waals surface area contributed by atoms with E-state index in [0.717, 1.165) is 10.2 Å². The minimum Gasteiger partial charge on any atom is -0.389 e. The molecule has 0 radical (unpaired) electrons. The number of likely N-dealkylation sites (N-methyl/N-ethyl adjacent to an activating group) is 1. The summed E-state index contributed by atoms with van der Waals surface area (Å²) in [6, 6.07) is 5.57. The molecule has 0 fully saturated rings. The Hall–Kier alpha value is -1.07. The second-order valence-electron chi connectivity index (χ2n) is 4.75. The molecule has 17 heavy (non-hydrogen) atoms. The van der Waals surface area contributed by atoms with E-state index in [-0.39, 0.29) is 5.84 Å². The average molecular weight is 300 g/mol. The topological polar surface area (TPSA) is 73.3 Å². The smallest absolute Gasteiger partial charge is 0.123 e. The summed E-state index contributed by atoms with van der Waals surface area (Å²) in [6.45, 7) is 4.06. The van der Waals surface area contributed by atoms with Crippen LogP contribution in [0, 0.1) is 5.41 Å². The molecule has 0 unspecified atom stereocenters. The molecule has 0 bridgehead atoms. The standard InChI is InChI=1S/C12H18BrN3O/c1-12(2,17)7-16(3)8-4-5-9(11(14)15)10(13)6-8/h4-6,17H,7H2,1-3H3,(H3,14,15). The van der Waals surface area contributed by atoms with Gasteiger partial charge < -0.3 is 15.7 Å². The highest BCUT2D eigenvalue weighted by molar-refractivity contribution is 9.10. The number of nitrogen functional groups attached to an aromatic ring is 1. The van der Waals surface area contributed by atoms with Crippen molar-refractivity contribution >= 4 is 27.5 Å². The third kappa shape index (κ3) is 4.02. The number of rotatable bonds is 4. The van der Waals surface area contributed by atoms with Crippen molar-refractivity contribution in [2.75, 3.05) is 18.5 Å². The first-order chi connectivity index (χ1) is 7.70. The Morgan fingerprint density at radius 1 is 1.53 bits per heavy atom. The molecule has 5 heteroatoms. The highest BCUT2D eigenvalue weighted by atomic mass is 79.9. The number of anilines is 1. The SMILES string of the molecule is CN(CC(C)(C)O)c1ccc(C(=N)N)c(Br)c1. The number of benzene rings is 1. The number of nitrogens with two attached hydrogens (primary N) is 1. The van der Waals surface area contributed by atoms with Gasteiger partial charge in [0, 0.05) is 29.3 Å². The van der Waals surface area contributed by atoms with E-state index < -0.39 is 5.60 Å². The number of hydrogen-bond donors (Lipinski definition) is 3. The summed E-state index contributed by atoms with van der Waals surface area (Å²) in [5.41, 5.74) is 6.33. The molecule has 0 spiro atoms. The van der Waals surface area contributed by atoms with E-state index in [2.05, 4.69) is 15.9 Å². The molecule has 0 atom stereocenters. The Labute approximate surface area is 110 Å². The summed E-state index contributed by atoms with van der Waals surface area (Å²) >= 11 is 3.39. The molecule has 4 N–H and O–H groups in total. The Kier molecular flexibility index (Phi) is 4.16. The van der Waals surface area contributed by atoms with E-state index in [1.807, 2.05) is 24.1 Å². The zero-order valence-corrected chi connectivity index (χ0v) is 11.9. The van der Waals surface area contributed by atoms with Crippen LogP contribution in [0.4, 0.5) is 5.69 Å². The van der Waals surface area contributed by atoms with Crippen LogP contribution in [0.15, 0.2) is 22.7 Å². The predicted octanol–water partition coefficient (Wildman–Crippen LogP) is 1.94. The van der Waals surface area contributed by atoms with Gasteiger partial charge in [0.05, 0.1) is 5.60 Å². The molecule has 1 rings (SSSR count). The van der Waals surface area contributed by atoms with Crippen molar-refractivity contribution < 1.29 is 5.11 Å². The van der Waals surface area contributed by atoms with Gasteiger partial charge in [-0.3, -0.25) is 5.41 Å². The van der Waals surface area contributed by atoms with Crippen molar-refractivity contribution in [1.29, 1.82) is 5.41 Å². The molecule has 0 aliphatic heterocycles. The number of hydrogen-bond acceptors (Lipinski definition) is 3. The molecule has 0 saturated heterocycles. The number of nitrogens with zero attached hydrogens (tertiary/aromatic N) is 1. The van der Waals surface area contributed by atoms with E-state index in [1.165, 1.54) is 0 Å². The number of amidine groups is 1. The minimum atomic E-state index is -0.750. The monoisotopic (exact) mass is 299 g/mol. The summed E-state index contributed by atoms with van der Waals surface area (Å²) in [5, 5.41) is 17.1. The molecule has 0 aliphatic carbocycles. The van der Waals surface area contributed by atoms with Gasteiger partial charge in [-0.05, 0) is 48.0 Å². The fourth-order valence-corrected chi connectivity index (χ4v) is 2.21. The van der Waals surface area contributed by atoms with E-state index in [1.54, 1.807) is 19.9 Å². The molecular formula is C12H18BrN3O. The van der Waals surface area contributed by atoms with Gasteiger partial charge in [-0.15, -0.1) is 0 Å². The van der Waals surface area contributed by atoms with E-state index in [9.17, 15) is 5.11 Å². The van der Waals surface area contributed by atoms with Crippen molar-refractivity contribution in [2.24, 2.45) is 5.73 Å². The summed E-state index contributed by atoms with van der Waals surface area (Å²) in [5.74, 6) is 0.0357. The second-order valence-corrected chi connectivity index (χ2v) is 5.60. The maximum atomic E-state index is 9.75. The van der Waals surface area contributed by atoms with Crippen LogP contribution in [0.1, 0.15) is 19.4 Å². The highest BCUT2D eigenvalue weighted by Crippen LogP contribution is 2.24. The van der Waals surface area contributed by atoms with Crippen LogP contribution in [0.3, 0.4) is 0 Å². The summed E-state index contributed by atoms with van der Waals surface area (Å²) in [4.78, 5) is 1.95. The number of aliphatic hydroxyl groups is 1. The lowest BCUT2D eigenvalue weighted by atomic mass is 10.1. The molecule has 1 aromatic carbocycles. The largest absolute Gasteiger partial charge is 0.389 e. The maximum Gasteiger partial charge on any atom is 0.123 e. The Morgan fingerprint density at radius 3 is 2.53 bits per heavy atom. The van der Waals surface area contributed by atoms with Gasteiger partial charge in [-0.1, -0.05) is 0 Å². The molecular weight excluding hydrogens is 282 g/mol. The van der Waals surface area contributed by atoms with Gasteiger partial charge in [-0.25, -0.2) is 0 Å². The first kappa shape index (κ1) is 14.0. The molecule has 0 aliphatic rings. The first-order valence-corrected chi connectivity index (χ1v) is 6.07. The average Bonchev–Trinajstić information content (AvgIpc) is 2.14. The van der Waals surface area contributed by atoms with Crippen LogP contribution >= 0.6 is 15.9 Å². The third-order valence-corrected chi connectivity index (χ3v) is 2.96. The fourth-order valence-electron chi connectivity index (χ4n) is 1.63. The van der Waals surface area contributed by atoms with Gasteiger partial charge in [0.1, 0.15) is 5.84 Å². The van der Waals surface area contributed by atoms with Gasteiger partial charge >= 0.3 is 0 Å². The lowest BCUT2D eigenvalue weighted by Crippen LogP contribution is -2.36. The minimum absolute atomic E-state index is 0.0357. The quantitative estimate of drug-likeness (QED) is 0.588. The predicted molar refractivity (Wildman–Crippen MR) is 74.7 cm³/mol. The van der Waals surface area contributed by atoms with Crippen LogP contribution in [0.25, 0.3) is 0 Å². The van der Waals surface area contributed by atoms with Crippen LogP contribution in [-0.4, -0.2) is 30.1 Å². The van der Waals surface area contributed by atoms with Gasteiger partial charge in [-0.2, -0.15) is 0 Å². The van der Waals surface area contributed by atoms with Crippen molar-refractivity contribution in [1.82, 2.24) is 0 Å². The first-order valence-electron chi connectivity index (χ1n) is 5.28. The fraction of sp³-hybridized carbons (Fsp3) is 0.417.